The Bertz CT molecular complexity index is 339. The fraction of sp³-hybridized carbons (Fsp3) is 0.667. The zero-order valence-corrected chi connectivity index (χ0v) is 9.94. The van der Waals surface area contributed by atoms with Crippen LogP contribution in [-0.2, 0) is 0 Å². The highest BCUT2D eigenvalue weighted by atomic mass is 16.5. The first kappa shape index (κ1) is 11.2. The molecule has 0 saturated heterocycles. The van der Waals surface area contributed by atoms with Crippen LogP contribution in [0.4, 0.5) is 5.95 Å². The molecule has 1 heterocycles. The Morgan fingerprint density at radius 1 is 1.56 bits per heavy atom. The van der Waals surface area contributed by atoms with E-state index in [1.54, 1.807) is 19.4 Å². The van der Waals surface area contributed by atoms with Crippen molar-refractivity contribution in [1.29, 1.82) is 0 Å². The van der Waals surface area contributed by atoms with Gasteiger partial charge in [0.05, 0.1) is 7.11 Å². The highest BCUT2D eigenvalue weighted by Crippen LogP contribution is 2.34. The van der Waals surface area contributed by atoms with Crippen molar-refractivity contribution in [3.8, 4) is 5.88 Å². The van der Waals surface area contributed by atoms with Gasteiger partial charge in [0.25, 0.3) is 0 Å². The number of aromatic nitrogens is 2. The zero-order chi connectivity index (χ0) is 11.4. The van der Waals surface area contributed by atoms with Crippen LogP contribution in [0.2, 0.25) is 0 Å². The lowest BCUT2D eigenvalue weighted by Crippen LogP contribution is -2.20. The Kier molecular flexibility index (Phi) is 3.59. The van der Waals surface area contributed by atoms with Crippen molar-refractivity contribution >= 4 is 5.95 Å². The average molecular weight is 221 g/mol. The number of nitrogens with zero attached hydrogens (tertiary/aromatic N) is 2. The molecule has 2 rings (SSSR count). The zero-order valence-electron chi connectivity index (χ0n) is 9.94. The van der Waals surface area contributed by atoms with Crippen LogP contribution in [0.3, 0.4) is 0 Å². The molecule has 0 aromatic carbocycles. The number of nitrogens with one attached hydrogen (secondary N) is 1. The van der Waals surface area contributed by atoms with E-state index in [4.69, 9.17) is 4.74 Å². The summed E-state index contributed by atoms with van der Waals surface area (Å²) in [5.74, 6) is 2.20. The highest BCUT2D eigenvalue weighted by Gasteiger charge is 2.24. The lowest BCUT2D eigenvalue weighted by atomic mass is 10.1. The Balaban J connectivity index is 1.94. The summed E-state index contributed by atoms with van der Waals surface area (Å²) in [5.41, 5.74) is 0. The minimum absolute atomic E-state index is 0.486. The van der Waals surface area contributed by atoms with Crippen LogP contribution in [0.1, 0.15) is 32.6 Å². The molecular weight excluding hydrogens is 202 g/mol. The summed E-state index contributed by atoms with van der Waals surface area (Å²) in [6, 6.07) is 2.24. The normalized spacial score (nSPS) is 16.9. The molecule has 1 N–H and O–H groups in total. The molecule has 1 fully saturated rings. The second-order valence-electron chi connectivity index (χ2n) is 4.35. The molecule has 0 aliphatic heterocycles. The summed E-state index contributed by atoms with van der Waals surface area (Å²) in [4.78, 5) is 8.46. The van der Waals surface area contributed by atoms with Crippen LogP contribution in [0.5, 0.6) is 5.88 Å². The first-order chi connectivity index (χ1) is 7.81. The van der Waals surface area contributed by atoms with E-state index in [0.29, 0.717) is 17.9 Å². The fourth-order valence-corrected chi connectivity index (χ4v) is 1.79. The third-order valence-electron chi connectivity index (χ3n) is 2.98. The lowest BCUT2D eigenvalue weighted by Gasteiger charge is -2.16. The summed E-state index contributed by atoms with van der Waals surface area (Å²) in [7, 11) is 1.62. The molecule has 1 unspecified atom stereocenters. The second-order valence-corrected chi connectivity index (χ2v) is 4.35. The van der Waals surface area contributed by atoms with Crippen LogP contribution in [0.15, 0.2) is 12.3 Å². The van der Waals surface area contributed by atoms with Crippen LogP contribution in [0, 0.1) is 5.92 Å². The van der Waals surface area contributed by atoms with Crippen molar-refractivity contribution in [3.63, 3.8) is 0 Å². The van der Waals surface area contributed by atoms with E-state index in [2.05, 4.69) is 22.2 Å². The minimum Gasteiger partial charge on any atom is -0.481 e. The SMILES string of the molecule is CCC(CC1CC1)Nc1nccc(OC)n1. The summed E-state index contributed by atoms with van der Waals surface area (Å²) < 4.78 is 5.07. The van der Waals surface area contributed by atoms with Crippen molar-refractivity contribution in [2.75, 3.05) is 12.4 Å². The number of ether oxygens (including phenoxy) is 1. The maximum Gasteiger partial charge on any atom is 0.226 e. The van der Waals surface area contributed by atoms with Crippen LogP contribution < -0.4 is 10.1 Å². The summed E-state index contributed by atoms with van der Waals surface area (Å²) in [5, 5.41) is 3.37. The van der Waals surface area contributed by atoms with Crippen LogP contribution >= 0.6 is 0 Å². The Morgan fingerprint density at radius 3 is 3.00 bits per heavy atom. The van der Waals surface area contributed by atoms with Crippen LogP contribution in [-0.4, -0.2) is 23.1 Å². The van der Waals surface area contributed by atoms with Gasteiger partial charge >= 0.3 is 0 Å². The molecule has 1 aliphatic rings. The lowest BCUT2D eigenvalue weighted by molar-refractivity contribution is 0.397. The standard InChI is InChI=1S/C12H19N3O/c1-3-10(8-9-4-5-9)14-12-13-7-6-11(15-12)16-2/h6-7,9-10H,3-5,8H2,1-2H3,(H,13,14,15). The Labute approximate surface area is 96.4 Å². The first-order valence-electron chi connectivity index (χ1n) is 5.95. The predicted octanol–water partition coefficient (Wildman–Crippen LogP) is 2.48. The van der Waals surface area contributed by atoms with Crippen molar-refractivity contribution in [2.24, 2.45) is 5.92 Å². The molecule has 1 saturated carbocycles. The van der Waals surface area contributed by atoms with Gasteiger partial charge in [-0.2, -0.15) is 4.98 Å². The molecule has 1 aromatic heterocycles. The molecule has 1 aromatic rings. The molecule has 88 valence electrons. The van der Waals surface area contributed by atoms with Gasteiger partial charge < -0.3 is 10.1 Å². The van der Waals surface area contributed by atoms with Gasteiger partial charge in [-0.05, 0) is 18.8 Å². The molecule has 0 bridgehead atoms. The third kappa shape index (κ3) is 3.08. The van der Waals surface area contributed by atoms with Crippen molar-refractivity contribution < 1.29 is 4.74 Å². The number of hydrogen-bond donors (Lipinski definition) is 1. The average Bonchev–Trinajstić information content (AvgIpc) is 3.12. The molecule has 16 heavy (non-hydrogen) atoms. The summed E-state index contributed by atoms with van der Waals surface area (Å²) >= 11 is 0. The molecule has 1 aliphatic carbocycles. The fourth-order valence-electron chi connectivity index (χ4n) is 1.79. The largest absolute Gasteiger partial charge is 0.481 e. The maximum absolute atomic E-state index is 5.07. The predicted molar refractivity (Wildman–Crippen MR) is 63.6 cm³/mol. The Hall–Kier alpha value is -1.32. The van der Waals surface area contributed by atoms with Crippen molar-refractivity contribution in [2.45, 2.75) is 38.6 Å². The molecule has 0 radical (unpaired) electrons. The van der Waals surface area contributed by atoms with Gasteiger partial charge in [-0.15, -0.1) is 0 Å². The number of methoxy groups -OCH3 is 1. The van der Waals surface area contributed by atoms with E-state index >= 15 is 0 Å². The molecule has 0 spiro atoms. The number of anilines is 1. The third-order valence-corrected chi connectivity index (χ3v) is 2.98. The van der Waals surface area contributed by atoms with Gasteiger partial charge in [-0.3, -0.25) is 0 Å². The Morgan fingerprint density at radius 2 is 2.38 bits per heavy atom. The quantitative estimate of drug-likeness (QED) is 0.801. The minimum atomic E-state index is 0.486. The van der Waals surface area contributed by atoms with E-state index in [9.17, 15) is 0 Å². The molecule has 0 amide bonds. The van der Waals surface area contributed by atoms with E-state index < -0.39 is 0 Å². The van der Waals surface area contributed by atoms with E-state index in [1.165, 1.54) is 19.3 Å². The maximum atomic E-state index is 5.07. The number of rotatable bonds is 6. The molecule has 4 nitrogen and oxygen atoms in total. The monoisotopic (exact) mass is 221 g/mol. The smallest absolute Gasteiger partial charge is 0.226 e. The second kappa shape index (κ2) is 5.14. The van der Waals surface area contributed by atoms with Gasteiger partial charge in [0.1, 0.15) is 0 Å². The molecular formula is C12H19N3O. The van der Waals surface area contributed by atoms with E-state index in [1.807, 2.05) is 0 Å². The van der Waals surface area contributed by atoms with Gasteiger partial charge in [-0.25, -0.2) is 4.98 Å². The first-order valence-corrected chi connectivity index (χ1v) is 5.95. The van der Waals surface area contributed by atoms with E-state index in [-0.39, 0.29) is 0 Å². The van der Waals surface area contributed by atoms with Gasteiger partial charge in [-0.1, -0.05) is 19.8 Å². The highest BCUT2D eigenvalue weighted by molar-refractivity contribution is 5.28. The molecule has 4 heteroatoms. The molecule has 1 atom stereocenters. The van der Waals surface area contributed by atoms with Crippen molar-refractivity contribution in [3.05, 3.63) is 12.3 Å². The van der Waals surface area contributed by atoms with E-state index in [0.717, 1.165) is 12.3 Å². The number of hydrogen-bond acceptors (Lipinski definition) is 4. The van der Waals surface area contributed by atoms with Crippen molar-refractivity contribution in [1.82, 2.24) is 9.97 Å². The van der Waals surface area contributed by atoms with Crippen LogP contribution in [0.25, 0.3) is 0 Å². The summed E-state index contributed by atoms with van der Waals surface area (Å²) in [6.07, 6.45) is 6.83. The van der Waals surface area contributed by atoms with Gasteiger partial charge in [0.2, 0.25) is 11.8 Å². The topological polar surface area (TPSA) is 47.0 Å². The summed E-state index contributed by atoms with van der Waals surface area (Å²) in [6.45, 7) is 2.19. The van der Waals surface area contributed by atoms with Gasteiger partial charge in [0.15, 0.2) is 0 Å². The van der Waals surface area contributed by atoms with Gasteiger partial charge in [0, 0.05) is 18.3 Å².